The minimum absolute atomic E-state index is 0.0141. The lowest BCUT2D eigenvalue weighted by molar-refractivity contribution is 0.0597. The SMILES string of the molecule is Cc1c(O[C@H]2CC[C@H](N)CC2)nc2ccnn2c1N(C(=O)OC(C)(C)C)c1ccc(OCc2ccccc2)cc1. The average molecular weight is 544 g/mol. The number of benzene rings is 2. The van der Waals surface area contributed by atoms with Gasteiger partial charge in [0.1, 0.15) is 24.1 Å². The Labute approximate surface area is 234 Å². The van der Waals surface area contributed by atoms with Gasteiger partial charge >= 0.3 is 6.09 Å². The highest BCUT2D eigenvalue weighted by atomic mass is 16.6. The number of ether oxygens (including phenoxy) is 3. The molecular weight excluding hydrogens is 506 g/mol. The Hall–Kier alpha value is -4.11. The fraction of sp³-hybridized carbons (Fsp3) is 0.387. The molecule has 0 unspecified atom stereocenters. The number of nitrogens with zero attached hydrogens (tertiary/aromatic N) is 4. The first-order valence-corrected chi connectivity index (χ1v) is 13.7. The highest BCUT2D eigenvalue weighted by molar-refractivity contribution is 5.96. The molecule has 210 valence electrons. The second-order valence-corrected chi connectivity index (χ2v) is 11.2. The minimum atomic E-state index is -0.710. The lowest BCUT2D eigenvalue weighted by Gasteiger charge is -2.30. The topological polar surface area (TPSA) is 104 Å². The van der Waals surface area contributed by atoms with Gasteiger partial charge in [-0.2, -0.15) is 14.6 Å². The van der Waals surface area contributed by atoms with Crippen molar-refractivity contribution in [3.8, 4) is 11.6 Å². The number of carbonyl (C=O) groups is 1. The summed E-state index contributed by atoms with van der Waals surface area (Å²) in [5.74, 6) is 1.66. The van der Waals surface area contributed by atoms with Gasteiger partial charge in [-0.05, 0) is 83.2 Å². The molecule has 0 atom stereocenters. The van der Waals surface area contributed by atoms with Crippen LogP contribution in [0.5, 0.6) is 11.6 Å². The van der Waals surface area contributed by atoms with Crippen LogP contribution in [0.2, 0.25) is 0 Å². The van der Waals surface area contributed by atoms with Crippen LogP contribution in [0.25, 0.3) is 5.65 Å². The number of rotatable bonds is 7. The van der Waals surface area contributed by atoms with Crippen LogP contribution in [-0.4, -0.2) is 38.4 Å². The van der Waals surface area contributed by atoms with Crippen molar-refractivity contribution >= 4 is 23.2 Å². The van der Waals surface area contributed by atoms with Crippen LogP contribution in [0.15, 0.2) is 66.9 Å². The van der Waals surface area contributed by atoms with Gasteiger partial charge in [-0.15, -0.1) is 0 Å². The van der Waals surface area contributed by atoms with E-state index in [1.807, 2.05) is 82.3 Å². The highest BCUT2D eigenvalue weighted by Gasteiger charge is 2.31. The monoisotopic (exact) mass is 543 g/mol. The molecule has 9 heteroatoms. The van der Waals surface area contributed by atoms with E-state index in [0.29, 0.717) is 41.0 Å². The summed E-state index contributed by atoms with van der Waals surface area (Å²) in [5, 5.41) is 4.49. The molecule has 0 aliphatic heterocycles. The first-order valence-electron chi connectivity index (χ1n) is 13.7. The second kappa shape index (κ2) is 11.6. The van der Waals surface area contributed by atoms with E-state index in [0.717, 1.165) is 31.2 Å². The molecule has 9 nitrogen and oxygen atoms in total. The van der Waals surface area contributed by atoms with Crippen LogP contribution < -0.4 is 20.1 Å². The van der Waals surface area contributed by atoms with Crippen molar-refractivity contribution in [1.29, 1.82) is 0 Å². The Morgan fingerprint density at radius 2 is 1.73 bits per heavy atom. The van der Waals surface area contributed by atoms with E-state index in [9.17, 15) is 4.79 Å². The van der Waals surface area contributed by atoms with Gasteiger partial charge in [0, 0.05) is 12.1 Å². The molecule has 1 saturated carbocycles. The number of hydrogen-bond acceptors (Lipinski definition) is 7. The molecule has 40 heavy (non-hydrogen) atoms. The summed E-state index contributed by atoms with van der Waals surface area (Å²) in [6.07, 6.45) is 4.68. The molecule has 2 heterocycles. The third kappa shape index (κ3) is 6.37. The minimum Gasteiger partial charge on any atom is -0.489 e. The van der Waals surface area contributed by atoms with E-state index in [2.05, 4.69) is 5.10 Å². The largest absolute Gasteiger partial charge is 0.489 e. The summed E-state index contributed by atoms with van der Waals surface area (Å²) < 4.78 is 19.9. The Bertz CT molecular complexity index is 1440. The molecule has 2 aromatic heterocycles. The van der Waals surface area contributed by atoms with Crippen LogP contribution in [0.4, 0.5) is 16.3 Å². The van der Waals surface area contributed by atoms with Crippen LogP contribution in [-0.2, 0) is 11.3 Å². The van der Waals surface area contributed by atoms with E-state index >= 15 is 0 Å². The van der Waals surface area contributed by atoms with Gasteiger partial charge in [-0.25, -0.2) is 9.69 Å². The predicted octanol–water partition coefficient (Wildman–Crippen LogP) is 6.34. The summed E-state index contributed by atoms with van der Waals surface area (Å²) in [6.45, 7) is 7.86. The van der Waals surface area contributed by atoms with E-state index in [-0.39, 0.29) is 12.1 Å². The maximum atomic E-state index is 13.8. The summed E-state index contributed by atoms with van der Waals surface area (Å²) in [6, 6.07) is 19.3. The molecule has 1 aliphatic carbocycles. The predicted molar refractivity (Wildman–Crippen MR) is 154 cm³/mol. The van der Waals surface area contributed by atoms with Crippen molar-refractivity contribution in [2.24, 2.45) is 5.73 Å². The summed E-state index contributed by atoms with van der Waals surface area (Å²) in [5.41, 5.74) is 8.31. The average Bonchev–Trinajstić information content (AvgIpc) is 3.39. The van der Waals surface area contributed by atoms with Crippen molar-refractivity contribution in [1.82, 2.24) is 14.6 Å². The van der Waals surface area contributed by atoms with Gasteiger partial charge in [-0.1, -0.05) is 30.3 Å². The standard InChI is InChI=1S/C31H37N5O4/c1-21-28(39-26-14-10-23(32)11-15-26)34-27-18-19-33-36(27)29(21)35(30(37)40-31(2,3)4)24-12-16-25(17-13-24)38-20-22-8-6-5-7-9-22/h5-9,12-13,16-19,23,26H,10-11,14-15,20,32H2,1-4H3/t23-,26-. The van der Waals surface area contributed by atoms with Gasteiger partial charge in [0.2, 0.25) is 5.88 Å². The Morgan fingerprint density at radius 3 is 2.40 bits per heavy atom. The number of aromatic nitrogens is 3. The number of fused-ring (bicyclic) bond motifs is 1. The Morgan fingerprint density at radius 1 is 1.02 bits per heavy atom. The zero-order valence-electron chi connectivity index (χ0n) is 23.5. The summed E-state index contributed by atoms with van der Waals surface area (Å²) in [4.78, 5) is 20.0. The molecule has 0 bridgehead atoms. The third-order valence-corrected chi connectivity index (χ3v) is 6.82. The van der Waals surface area contributed by atoms with Crippen molar-refractivity contribution in [2.75, 3.05) is 4.90 Å². The number of amides is 1. The zero-order valence-corrected chi connectivity index (χ0v) is 23.5. The number of carbonyl (C=O) groups excluding carboxylic acids is 1. The molecule has 2 aromatic carbocycles. The maximum Gasteiger partial charge on any atom is 0.420 e. The molecule has 0 radical (unpaired) electrons. The van der Waals surface area contributed by atoms with E-state index in [4.69, 9.17) is 24.9 Å². The van der Waals surface area contributed by atoms with Gasteiger partial charge < -0.3 is 19.9 Å². The maximum absolute atomic E-state index is 13.8. The van der Waals surface area contributed by atoms with Gasteiger partial charge in [-0.3, -0.25) is 0 Å². The smallest absolute Gasteiger partial charge is 0.420 e. The Balaban J connectivity index is 1.51. The van der Waals surface area contributed by atoms with E-state index in [1.165, 1.54) is 4.90 Å². The normalized spacial score (nSPS) is 17.4. The molecule has 2 N–H and O–H groups in total. The van der Waals surface area contributed by atoms with Gasteiger partial charge in [0.05, 0.1) is 17.4 Å². The quantitative estimate of drug-likeness (QED) is 0.290. The second-order valence-electron chi connectivity index (χ2n) is 11.2. The van der Waals surface area contributed by atoms with Crippen molar-refractivity contribution in [3.63, 3.8) is 0 Å². The van der Waals surface area contributed by atoms with Crippen molar-refractivity contribution < 1.29 is 19.0 Å². The zero-order chi connectivity index (χ0) is 28.3. The molecule has 5 rings (SSSR count). The van der Waals surface area contributed by atoms with Crippen LogP contribution in [0.1, 0.15) is 57.6 Å². The third-order valence-electron chi connectivity index (χ3n) is 6.82. The molecule has 1 fully saturated rings. The fourth-order valence-electron chi connectivity index (χ4n) is 4.78. The summed E-state index contributed by atoms with van der Waals surface area (Å²) >= 11 is 0. The van der Waals surface area contributed by atoms with Crippen LogP contribution in [0.3, 0.4) is 0 Å². The molecule has 1 aliphatic rings. The lowest BCUT2D eigenvalue weighted by Crippen LogP contribution is -2.36. The first kappa shape index (κ1) is 27.5. The highest BCUT2D eigenvalue weighted by Crippen LogP contribution is 2.36. The summed E-state index contributed by atoms with van der Waals surface area (Å²) in [7, 11) is 0. The van der Waals surface area contributed by atoms with Crippen molar-refractivity contribution in [2.45, 2.75) is 77.7 Å². The fourth-order valence-corrected chi connectivity index (χ4v) is 4.78. The molecule has 0 saturated heterocycles. The van der Waals surface area contributed by atoms with Gasteiger partial charge in [0.25, 0.3) is 0 Å². The number of nitrogens with two attached hydrogens (primary N) is 1. The first-order chi connectivity index (χ1) is 19.2. The molecule has 1 amide bonds. The van der Waals surface area contributed by atoms with E-state index in [1.54, 1.807) is 16.8 Å². The van der Waals surface area contributed by atoms with E-state index < -0.39 is 11.7 Å². The number of hydrogen-bond donors (Lipinski definition) is 1. The molecule has 4 aromatic rings. The molecular formula is C31H37N5O4. The Kier molecular flexibility index (Phi) is 7.93. The lowest BCUT2D eigenvalue weighted by atomic mass is 9.94. The van der Waals surface area contributed by atoms with Crippen molar-refractivity contribution in [3.05, 3.63) is 78.0 Å². The van der Waals surface area contributed by atoms with Gasteiger partial charge in [0.15, 0.2) is 11.5 Å². The van der Waals surface area contributed by atoms with Crippen LogP contribution >= 0.6 is 0 Å². The molecule has 0 spiro atoms. The van der Waals surface area contributed by atoms with Crippen LogP contribution in [0, 0.1) is 6.92 Å². The number of anilines is 2.